The lowest BCUT2D eigenvalue weighted by atomic mass is 10.1. The van der Waals surface area contributed by atoms with Gasteiger partial charge in [-0.25, -0.2) is 5.43 Å². The number of carbonyl (C=O) groups is 1. The van der Waals surface area contributed by atoms with E-state index in [2.05, 4.69) is 15.1 Å². The fourth-order valence-corrected chi connectivity index (χ4v) is 4.30. The van der Waals surface area contributed by atoms with Crippen molar-refractivity contribution in [1.82, 2.24) is 9.99 Å². The second kappa shape index (κ2) is 9.21. The maximum atomic E-state index is 12.7. The normalized spacial score (nSPS) is 11.5. The van der Waals surface area contributed by atoms with E-state index < -0.39 is 5.91 Å². The Morgan fingerprint density at radius 1 is 0.941 bits per heavy atom. The molecule has 168 valence electrons. The molecule has 0 fully saturated rings. The van der Waals surface area contributed by atoms with Gasteiger partial charge in [0.15, 0.2) is 0 Å². The number of amides is 1. The highest BCUT2D eigenvalue weighted by Crippen LogP contribution is 2.26. The highest BCUT2D eigenvalue weighted by atomic mass is 35.5. The van der Waals surface area contributed by atoms with Gasteiger partial charge in [0.1, 0.15) is 5.75 Å². The zero-order valence-electron chi connectivity index (χ0n) is 17.9. The minimum Gasteiger partial charge on any atom is -0.507 e. The average Bonchev–Trinajstić information content (AvgIpc) is 3.18. The van der Waals surface area contributed by atoms with Gasteiger partial charge in [0.05, 0.1) is 21.8 Å². The fraction of sp³-hybridized carbons (Fsp3) is 0.0370. The standard InChI is InChI=1S/C27H19Cl2N3O2/c28-23-10-9-17(11-24(23)29)15-32-16-20(21-7-3-4-8-25(21)32)14-30-31-27(34)22-12-18-5-1-2-6-19(18)13-26(22)33/h1-14,16,33H,15H2,(H,31,34). The number of hydrogen-bond acceptors (Lipinski definition) is 3. The molecule has 0 radical (unpaired) electrons. The van der Waals surface area contributed by atoms with Crippen molar-refractivity contribution in [2.45, 2.75) is 6.54 Å². The molecule has 5 nitrogen and oxygen atoms in total. The van der Waals surface area contributed by atoms with Crippen LogP contribution in [0.5, 0.6) is 5.75 Å². The van der Waals surface area contributed by atoms with Gasteiger partial charge in [0, 0.05) is 29.2 Å². The van der Waals surface area contributed by atoms with Crippen LogP contribution in [0.2, 0.25) is 10.0 Å². The number of fused-ring (bicyclic) bond motifs is 2. The largest absolute Gasteiger partial charge is 0.507 e. The number of hydrogen-bond donors (Lipinski definition) is 2. The van der Waals surface area contributed by atoms with Gasteiger partial charge < -0.3 is 9.67 Å². The van der Waals surface area contributed by atoms with Crippen LogP contribution in [0.15, 0.2) is 90.2 Å². The minimum absolute atomic E-state index is 0.0929. The minimum atomic E-state index is -0.487. The third kappa shape index (κ3) is 4.36. The Bertz CT molecular complexity index is 1570. The zero-order valence-corrected chi connectivity index (χ0v) is 19.4. The van der Waals surface area contributed by atoms with Gasteiger partial charge in [-0.05, 0) is 46.7 Å². The summed E-state index contributed by atoms with van der Waals surface area (Å²) in [5.74, 6) is -0.580. The van der Waals surface area contributed by atoms with E-state index in [1.165, 1.54) is 0 Å². The van der Waals surface area contributed by atoms with Gasteiger partial charge in [-0.15, -0.1) is 0 Å². The number of hydrazone groups is 1. The average molecular weight is 488 g/mol. The molecule has 0 spiro atoms. The van der Waals surface area contributed by atoms with E-state index in [1.807, 2.05) is 66.9 Å². The van der Waals surface area contributed by atoms with Crippen LogP contribution >= 0.6 is 23.2 Å². The van der Waals surface area contributed by atoms with E-state index in [9.17, 15) is 9.90 Å². The number of phenols is 1. The summed E-state index contributed by atoms with van der Waals surface area (Å²) in [4.78, 5) is 12.7. The SMILES string of the molecule is O=C(NN=Cc1cn(Cc2ccc(Cl)c(Cl)c2)c2ccccc12)c1cc2ccccc2cc1O. The number of nitrogens with zero attached hydrogens (tertiary/aromatic N) is 2. The van der Waals surface area contributed by atoms with Gasteiger partial charge in [-0.1, -0.05) is 71.7 Å². The summed E-state index contributed by atoms with van der Waals surface area (Å²) >= 11 is 12.2. The number of aromatic nitrogens is 1. The Hall–Kier alpha value is -3.80. The molecule has 0 aliphatic rings. The van der Waals surface area contributed by atoms with Crippen molar-refractivity contribution in [2.75, 3.05) is 0 Å². The smallest absolute Gasteiger partial charge is 0.275 e. The Morgan fingerprint density at radius 2 is 1.68 bits per heavy atom. The predicted molar refractivity (Wildman–Crippen MR) is 138 cm³/mol. The first-order valence-corrected chi connectivity index (χ1v) is 11.3. The lowest BCUT2D eigenvalue weighted by Gasteiger charge is -2.06. The van der Waals surface area contributed by atoms with Crippen molar-refractivity contribution in [2.24, 2.45) is 5.10 Å². The van der Waals surface area contributed by atoms with Crippen molar-refractivity contribution < 1.29 is 9.90 Å². The summed E-state index contributed by atoms with van der Waals surface area (Å²) < 4.78 is 2.09. The zero-order chi connectivity index (χ0) is 23.7. The van der Waals surface area contributed by atoms with Crippen molar-refractivity contribution in [1.29, 1.82) is 0 Å². The number of rotatable bonds is 5. The van der Waals surface area contributed by atoms with E-state index in [0.29, 0.717) is 16.6 Å². The molecule has 1 aromatic heterocycles. The molecule has 4 aromatic carbocycles. The molecule has 0 saturated heterocycles. The van der Waals surface area contributed by atoms with Crippen LogP contribution in [-0.4, -0.2) is 21.8 Å². The predicted octanol–water partition coefficient (Wildman–Crippen LogP) is 6.62. The Labute approximate surface area is 205 Å². The van der Waals surface area contributed by atoms with Crippen LogP contribution in [0, 0.1) is 0 Å². The molecule has 5 rings (SSSR count). The third-order valence-electron chi connectivity index (χ3n) is 5.63. The molecular formula is C27H19Cl2N3O2. The summed E-state index contributed by atoms with van der Waals surface area (Å²) in [6.07, 6.45) is 3.57. The number of para-hydroxylation sites is 1. The Balaban J connectivity index is 1.39. The van der Waals surface area contributed by atoms with Gasteiger partial charge in [0.25, 0.3) is 5.91 Å². The summed E-state index contributed by atoms with van der Waals surface area (Å²) in [6.45, 7) is 0.600. The molecule has 7 heteroatoms. The molecule has 2 N–H and O–H groups in total. The number of aromatic hydroxyl groups is 1. The van der Waals surface area contributed by atoms with Crippen LogP contribution in [-0.2, 0) is 6.54 Å². The first-order valence-electron chi connectivity index (χ1n) is 10.6. The number of phenolic OH excluding ortho intramolecular Hbond substituents is 1. The second-order valence-electron chi connectivity index (χ2n) is 7.89. The monoisotopic (exact) mass is 487 g/mol. The molecule has 0 unspecified atom stereocenters. The molecule has 0 aliphatic heterocycles. The fourth-order valence-electron chi connectivity index (χ4n) is 3.97. The second-order valence-corrected chi connectivity index (χ2v) is 8.71. The van der Waals surface area contributed by atoms with Crippen LogP contribution in [0.3, 0.4) is 0 Å². The number of benzene rings is 4. The van der Waals surface area contributed by atoms with Crippen LogP contribution in [0.1, 0.15) is 21.5 Å². The van der Waals surface area contributed by atoms with E-state index in [-0.39, 0.29) is 11.3 Å². The molecule has 0 aliphatic carbocycles. The highest BCUT2D eigenvalue weighted by Gasteiger charge is 2.12. The molecule has 1 amide bonds. The number of halogens is 2. The van der Waals surface area contributed by atoms with Crippen LogP contribution < -0.4 is 5.43 Å². The topological polar surface area (TPSA) is 66.6 Å². The lowest BCUT2D eigenvalue weighted by molar-refractivity contribution is 0.0952. The van der Waals surface area contributed by atoms with Crippen LogP contribution in [0.25, 0.3) is 21.7 Å². The summed E-state index contributed by atoms with van der Waals surface area (Å²) in [7, 11) is 0. The Morgan fingerprint density at radius 3 is 2.47 bits per heavy atom. The maximum absolute atomic E-state index is 12.7. The van der Waals surface area contributed by atoms with Crippen LogP contribution in [0.4, 0.5) is 0 Å². The van der Waals surface area contributed by atoms with Gasteiger partial charge >= 0.3 is 0 Å². The number of nitrogens with one attached hydrogen (secondary N) is 1. The quantitative estimate of drug-likeness (QED) is 0.216. The highest BCUT2D eigenvalue weighted by molar-refractivity contribution is 6.42. The summed E-state index contributed by atoms with van der Waals surface area (Å²) in [5, 5.41) is 18.2. The van der Waals surface area contributed by atoms with E-state index >= 15 is 0 Å². The van der Waals surface area contributed by atoms with Gasteiger partial charge in [-0.3, -0.25) is 4.79 Å². The lowest BCUT2D eigenvalue weighted by Crippen LogP contribution is -2.17. The third-order valence-corrected chi connectivity index (χ3v) is 6.37. The van der Waals surface area contributed by atoms with Crippen molar-refractivity contribution in [3.8, 4) is 5.75 Å². The van der Waals surface area contributed by atoms with E-state index in [4.69, 9.17) is 23.2 Å². The number of carbonyl (C=O) groups excluding carboxylic acids is 1. The molecule has 0 bridgehead atoms. The summed E-state index contributed by atoms with van der Waals surface area (Å²) in [5.41, 5.74) is 5.56. The van der Waals surface area contributed by atoms with E-state index in [1.54, 1.807) is 24.4 Å². The maximum Gasteiger partial charge on any atom is 0.275 e. The molecule has 1 heterocycles. The molecular weight excluding hydrogens is 469 g/mol. The summed E-state index contributed by atoms with van der Waals surface area (Å²) in [6, 6.07) is 24.3. The van der Waals surface area contributed by atoms with Crippen molar-refractivity contribution in [3.05, 3.63) is 112 Å². The Kier molecular flexibility index (Phi) is 5.97. The molecule has 34 heavy (non-hydrogen) atoms. The molecule has 5 aromatic rings. The van der Waals surface area contributed by atoms with Crippen molar-refractivity contribution >= 4 is 57.0 Å². The first-order chi connectivity index (χ1) is 16.5. The molecule has 0 atom stereocenters. The van der Waals surface area contributed by atoms with Gasteiger partial charge in [0.2, 0.25) is 0 Å². The molecule has 0 saturated carbocycles. The first kappa shape index (κ1) is 22.0. The van der Waals surface area contributed by atoms with Crippen molar-refractivity contribution in [3.63, 3.8) is 0 Å². The van der Waals surface area contributed by atoms with Gasteiger partial charge in [-0.2, -0.15) is 5.10 Å². The van der Waals surface area contributed by atoms with E-state index in [0.717, 1.165) is 32.8 Å².